The van der Waals surface area contributed by atoms with Crippen molar-refractivity contribution in [2.45, 2.75) is 13.1 Å². The van der Waals surface area contributed by atoms with E-state index in [1.165, 1.54) is 0 Å². The molecule has 0 spiro atoms. The summed E-state index contributed by atoms with van der Waals surface area (Å²) in [6, 6.07) is 3.90. The molecule has 1 aromatic rings. The van der Waals surface area contributed by atoms with E-state index in [1.807, 2.05) is 12.1 Å². The number of halogens is 1. The van der Waals surface area contributed by atoms with Crippen molar-refractivity contribution >= 4 is 15.9 Å². The van der Waals surface area contributed by atoms with Gasteiger partial charge in [-0.25, -0.2) is 0 Å². The second-order valence-electron chi connectivity index (χ2n) is 2.68. The Morgan fingerprint density at radius 1 is 1.31 bits per heavy atom. The van der Waals surface area contributed by atoms with Gasteiger partial charge in [-0.15, -0.1) is 0 Å². The Balaban J connectivity index is 3.20. The molecule has 3 nitrogen and oxygen atoms in total. The summed E-state index contributed by atoms with van der Waals surface area (Å²) in [5, 5.41) is 0. The molecule has 72 valence electrons. The molecule has 0 aliphatic rings. The zero-order valence-electron chi connectivity index (χ0n) is 7.51. The van der Waals surface area contributed by atoms with E-state index in [-0.39, 0.29) is 0 Å². The molecule has 0 saturated heterocycles. The van der Waals surface area contributed by atoms with Crippen molar-refractivity contribution < 1.29 is 4.74 Å². The Bertz CT molecular complexity index is 302. The highest BCUT2D eigenvalue weighted by atomic mass is 79.9. The van der Waals surface area contributed by atoms with Gasteiger partial charge in [-0.1, -0.05) is 0 Å². The quantitative estimate of drug-likeness (QED) is 0.845. The third-order valence-electron chi connectivity index (χ3n) is 1.84. The van der Waals surface area contributed by atoms with Gasteiger partial charge in [0, 0.05) is 18.7 Å². The van der Waals surface area contributed by atoms with Crippen molar-refractivity contribution in [2.75, 3.05) is 7.11 Å². The summed E-state index contributed by atoms with van der Waals surface area (Å²) in [5.74, 6) is 0.791. The standard InChI is InChI=1S/C9H13BrN2O/c1-13-9-7(5-12)2-6(4-11)3-8(9)10/h2-3H,4-5,11-12H2,1H3. The van der Waals surface area contributed by atoms with Crippen LogP contribution in [-0.4, -0.2) is 7.11 Å². The van der Waals surface area contributed by atoms with Crippen LogP contribution in [0.2, 0.25) is 0 Å². The van der Waals surface area contributed by atoms with E-state index in [0.29, 0.717) is 13.1 Å². The van der Waals surface area contributed by atoms with Gasteiger partial charge < -0.3 is 16.2 Å². The van der Waals surface area contributed by atoms with Crippen LogP contribution in [0.25, 0.3) is 0 Å². The number of ether oxygens (including phenoxy) is 1. The van der Waals surface area contributed by atoms with Crippen LogP contribution in [0.3, 0.4) is 0 Å². The fourth-order valence-corrected chi connectivity index (χ4v) is 1.92. The third-order valence-corrected chi connectivity index (χ3v) is 2.43. The first-order chi connectivity index (χ1) is 6.22. The van der Waals surface area contributed by atoms with E-state index in [0.717, 1.165) is 21.3 Å². The highest BCUT2D eigenvalue weighted by Crippen LogP contribution is 2.30. The van der Waals surface area contributed by atoms with Crippen LogP contribution in [0.15, 0.2) is 16.6 Å². The lowest BCUT2D eigenvalue weighted by Gasteiger charge is -2.10. The van der Waals surface area contributed by atoms with Gasteiger partial charge in [0.25, 0.3) is 0 Å². The number of rotatable bonds is 3. The SMILES string of the molecule is COc1c(Br)cc(CN)cc1CN. The lowest BCUT2D eigenvalue weighted by atomic mass is 10.1. The minimum absolute atomic E-state index is 0.454. The van der Waals surface area contributed by atoms with Crippen LogP contribution in [0, 0.1) is 0 Å². The number of benzene rings is 1. The van der Waals surface area contributed by atoms with Gasteiger partial charge in [-0.2, -0.15) is 0 Å². The molecular formula is C9H13BrN2O. The average Bonchev–Trinajstić information content (AvgIpc) is 2.16. The second kappa shape index (κ2) is 4.60. The predicted molar refractivity (Wildman–Crippen MR) is 56.5 cm³/mol. The maximum absolute atomic E-state index is 5.58. The van der Waals surface area contributed by atoms with Crippen molar-refractivity contribution in [3.63, 3.8) is 0 Å². The van der Waals surface area contributed by atoms with E-state index in [1.54, 1.807) is 7.11 Å². The number of nitrogens with two attached hydrogens (primary N) is 2. The first-order valence-corrected chi connectivity index (χ1v) is 4.77. The predicted octanol–water partition coefficient (Wildman–Crippen LogP) is 1.38. The molecule has 1 rings (SSSR count). The maximum Gasteiger partial charge on any atom is 0.137 e. The van der Waals surface area contributed by atoms with Gasteiger partial charge in [0.05, 0.1) is 11.6 Å². The van der Waals surface area contributed by atoms with Gasteiger partial charge in [-0.3, -0.25) is 0 Å². The van der Waals surface area contributed by atoms with Crippen LogP contribution in [0.4, 0.5) is 0 Å². The first-order valence-electron chi connectivity index (χ1n) is 3.98. The molecule has 0 aliphatic heterocycles. The largest absolute Gasteiger partial charge is 0.495 e. The van der Waals surface area contributed by atoms with E-state index in [4.69, 9.17) is 16.2 Å². The molecule has 0 atom stereocenters. The molecular weight excluding hydrogens is 232 g/mol. The molecule has 0 radical (unpaired) electrons. The van der Waals surface area contributed by atoms with Crippen LogP contribution >= 0.6 is 15.9 Å². The molecule has 1 aromatic carbocycles. The monoisotopic (exact) mass is 244 g/mol. The third kappa shape index (κ3) is 2.21. The number of hydrogen-bond donors (Lipinski definition) is 2. The molecule has 0 heterocycles. The Labute approximate surface area is 86.2 Å². The Hall–Kier alpha value is -0.580. The molecule has 0 fully saturated rings. The van der Waals surface area contributed by atoms with Gasteiger partial charge in [-0.05, 0) is 33.6 Å². The Kier molecular flexibility index (Phi) is 3.71. The fraction of sp³-hybridized carbons (Fsp3) is 0.333. The second-order valence-corrected chi connectivity index (χ2v) is 3.53. The lowest BCUT2D eigenvalue weighted by Crippen LogP contribution is -2.04. The summed E-state index contributed by atoms with van der Waals surface area (Å²) in [7, 11) is 1.63. The molecule has 0 unspecified atom stereocenters. The molecule has 0 aliphatic carbocycles. The molecule has 4 N–H and O–H groups in total. The molecule has 0 amide bonds. The van der Waals surface area contributed by atoms with Crippen LogP contribution in [0.5, 0.6) is 5.75 Å². The minimum atomic E-state index is 0.454. The van der Waals surface area contributed by atoms with Crippen LogP contribution in [0.1, 0.15) is 11.1 Å². The number of methoxy groups -OCH3 is 1. The summed E-state index contributed by atoms with van der Waals surface area (Å²) < 4.78 is 6.10. The topological polar surface area (TPSA) is 61.3 Å². The van der Waals surface area contributed by atoms with Crippen molar-refractivity contribution in [1.82, 2.24) is 0 Å². The van der Waals surface area contributed by atoms with Gasteiger partial charge in [0.2, 0.25) is 0 Å². The summed E-state index contributed by atoms with van der Waals surface area (Å²) in [4.78, 5) is 0. The zero-order chi connectivity index (χ0) is 9.84. The lowest BCUT2D eigenvalue weighted by molar-refractivity contribution is 0.407. The van der Waals surface area contributed by atoms with Crippen molar-refractivity contribution in [2.24, 2.45) is 11.5 Å². The van der Waals surface area contributed by atoms with E-state index in [9.17, 15) is 0 Å². The minimum Gasteiger partial charge on any atom is -0.495 e. The van der Waals surface area contributed by atoms with Gasteiger partial charge in [0.1, 0.15) is 5.75 Å². The van der Waals surface area contributed by atoms with Gasteiger partial charge in [0.15, 0.2) is 0 Å². The molecule has 0 bridgehead atoms. The highest BCUT2D eigenvalue weighted by Gasteiger charge is 2.07. The van der Waals surface area contributed by atoms with E-state index in [2.05, 4.69) is 15.9 Å². The van der Waals surface area contributed by atoms with Crippen molar-refractivity contribution in [3.05, 3.63) is 27.7 Å². The summed E-state index contributed by atoms with van der Waals surface area (Å²) in [5.41, 5.74) is 13.1. The van der Waals surface area contributed by atoms with Crippen molar-refractivity contribution in [3.8, 4) is 5.75 Å². The highest BCUT2D eigenvalue weighted by molar-refractivity contribution is 9.10. The maximum atomic E-state index is 5.58. The summed E-state index contributed by atoms with van der Waals surface area (Å²) in [6.45, 7) is 0.963. The van der Waals surface area contributed by atoms with E-state index >= 15 is 0 Å². The summed E-state index contributed by atoms with van der Waals surface area (Å²) in [6.07, 6.45) is 0. The van der Waals surface area contributed by atoms with E-state index < -0.39 is 0 Å². The molecule has 0 saturated carbocycles. The normalized spacial score (nSPS) is 10.2. The first kappa shape index (κ1) is 10.5. The fourth-order valence-electron chi connectivity index (χ4n) is 1.21. The average molecular weight is 245 g/mol. The molecule has 0 aromatic heterocycles. The Morgan fingerprint density at radius 2 is 2.00 bits per heavy atom. The molecule has 13 heavy (non-hydrogen) atoms. The zero-order valence-corrected chi connectivity index (χ0v) is 9.10. The van der Waals surface area contributed by atoms with Crippen LogP contribution < -0.4 is 16.2 Å². The Morgan fingerprint density at radius 3 is 2.46 bits per heavy atom. The van der Waals surface area contributed by atoms with Crippen LogP contribution in [-0.2, 0) is 13.1 Å². The van der Waals surface area contributed by atoms with Crippen molar-refractivity contribution in [1.29, 1.82) is 0 Å². The van der Waals surface area contributed by atoms with Gasteiger partial charge >= 0.3 is 0 Å². The summed E-state index contributed by atoms with van der Waals surface area (Å²) >= 11 is 3.40. The molecule has 4 heteroatoms. The smallest absolute Gasteiger partial charge is 0.137 e. The number of hydrogen-bond acceptors (Lipinski definition) is 3.